The van der Waals surface area contributed by atoms with Gasteiger partial charge in [0.2, 0.25) is 5.95 Å². The first kappa shape index (κ1) is 16.0. The number of aliphatic hydroxyl groups is 1. The van der Waals surface area contributed by atoms with Crippen molar-refractivity contribution < 1.29 is 5.11 Å². The van der Waals surface area contributed by atoms with Gasteiger partial charge in [-0.3, -0.25) is 0 Å². The summed E-state index contributed by atoms with van der Waals surface area (Å²) in [5.41, 5.74) is 0. The first-order valence-electron chi connectivity index (χ1n) is 7.45. The van der Waals surface area contributed by atoms with E-state index in [-0.39, 0.29) is 12.0 Å². The van der Waals surface area contributed by atoms with Crippen molar-refractivity contribution in [1.29, 1.82) is 0 Å². The van der Waals surface area contributed by atoms with E-state index in [4.69, 9.17) is 0 Å². The molecule has 2 aromatic rings. The number of thiophene rings is 1. The van der Waals surface area contributed by atoms with Crippen molar-refractivity contribution in [2.24, 2.45) is 5.92 Å². The minimum atomic E-state index is -0.387. The molecule has 0 saturated carbocycles. The lowest BCUT2D eigenvalue weighted by Crippen LogP contribution is -2.25. The Morgan fingerprint density at radius 1 is 1.29 bits per heavy atom. The third kappa shape index (κ3) is 4.04. The Bertz CT molecular complexity index is 597. The first-order valence-corrected chi connectivity index (χ1v) is 8.27. The molecule has 3 N–H and O–H groups in total. The molecule has 1 unspecified atom stereocenters. The minimum absolute atomic E-state index is 0.219. The van der Waals surface area contributed by atoms with Crippen molar-refractivity contribution in [3.05, 3.63) is 10.9 Å². The topological polar surface area (TPSA) is 70.1 Å². The average molecular weight is 308 g/mol. The van der Waals surface area contributed by atoms with Gasteiger partial charge in [0.15, 0.2) is 0 Å². The minimum Gasteiger partial charge on any atom is -0.391 e. The fourth-order valence-corrected chi connectivity index (χ4v) is 2.81. The predicted octanol–water partition coefficient (Wildman–Crippen LogP) is 3.25. The van der Waals surface area contributed by atoms with Crippen molar-refractivity contribution in [3.63, 3.8) is 0 Å². The zero-order valence-corrected chi connectivity index (χ0v) is 13.9. The second kappa shape index (κ2) is 7.04. The SMILES string of the molecule is CCCNc1nc(NCC(O)C(C)C)c2cc(C)sc2n1. The molecule has 0 bridgehead atoms. The summed E-state index contributed by atoms with van der Waals surface area (Å²) in [5.74, 6) is 1.66. The van der Waals surface area contributed by atoms with Crippen LogP contribution < -0.4 is 10.6 Å². The summed E-state index contributed by atoms with van der Waals surface area (Å²) >= 11 is 1.66. The maximum Gasteiger partial charge on any atom is 0.226 e. The molecule has 6 heteroatoms. The summed E-state index contributed by atoms with van der Waals surface area (Å²) in [7, 11) is 0. The van der Waals surface area contributed by atoms with E-state index in [9.17, 15) is 5.11 Å². The van der Waals surface area contributed by atoms with Gasteiger partial charge in [0.25, 0.3) is 0 Å². The van der Waals surface area contributed by atoms with Gasteiger partial charge < -0.3 is 15.7 Å². The molecular weight excluding hydrogens is 284 g/mol. The molecule has 0 aromatic carbocycles. The summed E-state index contributed by atoms with van der Waals surface area (Å²) in [6.45, 7) is 9.53. The fourth-order valence-electron chi connectivity index (χ4n) is 1.93. The lowest BCUT2D eigenvalue weighted by Gasteiger charge is -2.16. The quantitative estimate of drug-likeness (QED) is 0.732. The van der Waals surface area contributed by atoms with Crippen LogP contribution >= 0.6 is 11.3 Å². The Hall–Kier alpha value is -1.40. The smallest absolute Gasteiger partial charge is 0.226 e. The highest BCUT2D eigenvalue weighted by molar-refractivity contribution is 7.18. The fraction of sp³-hybridized carbons (Fsp3) is 0.600. The molecule has 0 spiro atoms. The average Bonchev–Trinajstić information content (AvgIpc) is 2.82. The lowest BCUT2D eigenvalue weighted by atomic mass is 10.1. The zero-order chi connectivity index (χ0) is 15.4. The highest BCUT2D eigenvalue weighted by Gasteiger charge is 2.13. The van der Waals surface area contributed by atoms with E-state index in [0.29, 0.717) is 12.5 Å². The number of nitrogens with zero attached hydrogens (tertiary/aromatic N) is 2. The summed E-state index contributed by atoms with van der Waals surface area (Å²) in [4.78, 5) is 11.3. The Balaban J connectivity index is 2.26. The second-order valence-electron chi connectivity index (χ2n) is 5.59. The van der Waals surface area contributed by atoms with Gasteiger partial charge in [0, 0.05) is 18.0 Å². The van der Waals surface area contributed by atoms with Crippen molar-refractivity contribution in [1.82, 2.24) is 9.97 Å². The molecule has 0 fully saturated rings. The van der Waals surface area contributed by atoms with E-state index in [1.54, 1.807) is 11.3 Å². The summed E-state index contributed by atoms with van der Waals surface area (Å²) in [6.07, 6.45) is 0.640. The van der Waals surface area contributed by atoms with Crippen molar-refractivity contribution >= 4 is 33.3 Å². The van der Waals surface area contributed by atoms with E-state index in [2.05, 4.69) is 40.5 Å². The first-order chi connectivity index (χ1) is 10.0. The van der Waals surface area contributed by atoms with Crippen LogP contribution in [0.4, 0.5) is 11.8 Å². The number of nitrogens with one attached hydrogen (secondary N) is 2. The largest absolute Gasteiger partial charge is 0.391 e. The number of anilines is 2. The van der Waals surface area contributed by atoms with Crippen LogP contribution in [0.1, 0.15) is 32.1 Å². The van der Waals surface area contributed by atoms with Crippen LogP contribution in [0.15, 0.2) is 6.07 Å². The van der Waals surface area contributed by atoms with E-state index in [1.807, 2.05) is 13.8 Å². The van der Waals surface area contributed by atoms with E-state index >= 15 is 0 Å². The molecular formula is C15H24N4OS. The summed E-state index contributed by atoms with van der Waals surface area (Å²) in [5, 5.41) is 17.5. The number of aryl methyl sites for hydroxylation is 1. The monoisotopic (exact) mass is 308 g/mol. The highest BCUT2D eigenvalue weighted by atomic mass is 32.1. The van der Waals surface area contributed by atoms with Gasteiger partial charge in [0.1, 0.15) is 10.6 Å². The van der Waals surface area contributed by atoms with Crippen molar-refractivity contribution in [2.75, 3.05) is 23.7 Å². The molecule has 0 saturated heterocycles. The molecule has 0 radical (unpaired) electrons. The molecule has 5 nitrogen and oxygen atoms in total. The maximum absolute atomic E-state index is 9.96. The third-order valence-electron chi connectivity index (χ3n) is 3.30. The van der Waals surface area contributed by atoms with Crippen LogP contribution in [0, 0.1) is 12.8 Å². The number of aliphatic hydroxyl groups excluding tert-OH is 1. The standard InChI is InChI=1S/C15H24N4OS/c1-5-6-16-15-18-13(17-8-12(20)9(2)3)11-7-10(4)21-14(11)19-15/h7,9,12,20H,5-6,8H2,1-4H3,(H2,16,17,18,19). The summed E-state index contributed by atoms with van der Waals surface area (Å²) in [6, 6.07) is 2.09. The van der Waals surface area contributed by atoms with Crippen LogP contribution in [0.25, 0.3) is 10.2 Å². The van der Waals surface area contributed by atoms with Gasteiger partial charge in [-0.1, -0.05) is 20.8 Å². The van der Waals surface area contributed by atoms with Gasteiger partial charge >= 0.3 is 0 Å². The van der Waals surface area contributed by atoms with Crippen molar-refractivity contribution in [2.45, 2.75) is 40.2 Å². The molecule has 0 aliphatic heterocycles. The van der Waals surface area contributed by atoms with Crippen LogP contribution in [-0.2, 0) is 0 Å². The molecule has 0 aliphatic carbocycles. The van der Waals surface area contributed by atoms with E-state index < -0.39 is 0 Å². The molecule has 2 heterocycles. The normalized spacial score (nSPS) is 12.9. The Kier molecular flexibility index (Phi) is 5.36. The van der Waals surface area contributed by atoms with Crippen LogP contribution in [0.3, 0.4) is 0 Å². The number of fused-ring (bicyclic) bond motifs is 1. The molecule has 2 aromatic heterocycles. The Morgan fingerprint density at radius 3 is 2.71 bits per heavy atom. The number of rotatable bonds is 7. The third-order valence-corrected chi connectivity index (χ3v) is 4.24. The maximum atomic E-state index is 9.96. The number of aromatic nitrogens is 2. The van der Waals surface area contributed by atoms with Gasteiger partial charge in [-0.25, -0.2) is 4.98 Å². The predicted molar refractivity (Wildman–Crippen MR) is 90.3 cm³/mol. The van der Waals surface area contributed by atoms with Crippen LogP contribution in [0.5, 0.6) is 0 Å². The Morgan fingerprint density at radius 2 is 2.05 bits per heavy atom. The zero-order valence-electron chi connectivity index (χ0n) is 13.1. The van der Waals surface area contributed by atoms with Gasteiger partial charge in [-0.2, -0.15) is 4.98 Å². The molecule has 0 aliphatic rings. The lowest BCUT2D eigenvalue weighted by molar-refractivity contribution is 0.138. The van der Waals surface area contributed by atoms with E-state index in [1.165, 1.54) is 4.88 Å². The van der Waals surface area contributed by atoms with E-state index in [0.717, 1.165) is 29.0 Å². The van der Waals surface area contributed by atoms with Gasteiger partial charge in [-0.15, -0.1) is 11.3 Å². The summed E-state index contributed by atoms with van der Waals surface area (Å²) < 4.78 is 0. The number of hydrogen-bond donors (Lipinski definition) is 3. The second-order valence-corrected chi connectivity index (χ2v) is 6.83. The molecule has 21 heavy (non-hydrogen) atoms. The van der Waals surface area contributed by atoms with Crippen LogP contribution in [0.2, 0.25) is 0 Å². The molecule has 116 valence electrons. The number of hydrogen-bond acceptors (Lipinski definition) is 6. The molecule has 1 atom stereocenters. The van der Waals surface area contributed by atoms with Gasteiger partial charge in [0.05, 0.1) is 11.5 Å². The molecule has 2 rings (SSSR count). The Labute approximate surface area is 129 Å². The van der Waals surface area contributed by atoms with Crippen LogP contribution in [-0.4, -0.2) is 34.3 Å². The van der Waals surface area contributed by atoms with Gasteiger partial charge in [-0.05, 0) is 25.3 Å². The molecule has 0 amide bonds. The highest BCUT2D eigenvalue weighted by Crippen LogP contribution is 2.29. The van der Waals surface area contributed by atoms with Crippen molar-refractivity contribution in [3.8, 4) is 0 Å².